The summed E-state index contributed by atoms with van der Waals surface area (Å²) in [5.74, 6) is -0.185. The lowest BCUT2D eigenvalue weighted by molar-refractivity contribution is 0.252. The van der Waals surface area contributed by atoms with Gasteiger partial charge in [0.1, 0.15) is 17.0 Å². The highest BCUT2D eigenvalue weighted by Gasteiger charge is 2.17. The van der Waals surface area contributed by atoms with Crippen LogP contribution in [0.15, 0.2) is 55.0 Å². The van der Waals surface area contributed by atoms with Gasteiger partial charge in [0.15, 0.2) is 0 Å². The number of urea groups is 1. The van der Waals surface area contributed by atoms with E-state index in [1.165, 1.54) is 18.3 Å². The lowest BCUT2D eigenvalue weighted by Gasteiger charge is -2.07. The maximum absolute atomic E-state index is 14.5. The van der Waals surface area contributed by atoms with Crippen molar-refractivity contribution >= 4 is 23.0 Å². The van der Waals surface area contributed by atoms with Gasteiger partial charge in [-0.2, -0.15) is 0 Å². The molecule has 0 atom stereocenters. The Morgan fingerprint density at radius 3 is 2.79 bits per heavy atom. The largest absolute Gasteiger partial charge is 0.338 e. The fourth-order valence-electron chi connectivity index (χ4n) is 2.95. The number of aromatic nitrogens is 4. The molecule has 2 amide bonds. The summed E-state index contributed by atoms with van der Waals surface area (Å²) in [6.07, 6.45) is 4.94. The van der Waals surface area contributed by atoms with Crippen molar-refractivity contribution in [1.29, 1.82) is 0 Å². The number of imidazole rings is 1. The van der Waals surface area contributed by atoms with Gasteiger partial charge in [0.2, 0.25) is 5.95 Å². The Kier molecular flexibility index (Phi) is 4.67. The number of H-pyrrole nitrogens is 1. The molecule has 3 heterocycles. The van der Waals surface area contributed by atoms with Gasteiger partial charge in [-0.15, -0.1) is 0 Å². The zero-order valence-corrected chi connectivity index (χ0v) is 15.0. The van der Waals surface area contributed by atoms with Gasteiger partial charge in [0.25, 0.3) is 0 Å². The first kappa shape index (κ1) is 17.6. The van der Waals surface area contributed by atoms with Crippen molar-refractivity contribution in [2.75, 3.05) is 11.9 Å². The first-order chi connectivity index (χ1) is 13.7. The Morgan fingerprint density at radius 2 is 2.04 bits per heavy atom. The summed E-state index contributed by atoms with van der Waals surface area (Å²) in [6, 6.07) is 9.96. The number of rotatable bonds is 4. The summed E-state index contributed by atoms with van der Waals surface area (Å²) in [4.78, 5) is 27.7. The zero-order chi connectivity index (χ0) is 19.5. The summed E-state index contributed by atoms with van der Waals surface area (Å²) >= 11 is 0. The first-order valence-corrected chi connectivity index (χ1v) is 8.75. The summed E-state index contributed by atoms with van der Waals surface area (Å²) < 4.78 is 14.5. The number of halogens is 1. The van der Waals surface area contributed by atoms with Crippen molar-refractivity contribution in [3.05, 3.63) is 60.8 Å². The highest BCUT2D eigenvalue weighted by molar-refractivity contribution is 5.98. The molecule has 0 radical (unpaired) electrons. The van der Waals surface area contributed by atoms with Crippen molar-refractivity contribution in [3.63, 3.8) is 0 Å². The van der Waals surface area contributed by atoms with E-state index in [0.717, 1.165) is 11.1 Å². The summed E-state index contributed by atoms with van der Waals surface area (Å²) in [5, 5.41) is 5.28. The zero-order valence-electron chi connectivity index (χ0n) is 15.0. The summed E-state index contributed by atoms with van der Waals surface area (Å²) in [5.41, 5.74) is 3.57. The molecule has 3 aromatic heterocycles. The Morgan fingerprint density at radius 1 is 1.18 bits per heavy atom. The smallest absolute Gasteiger partial charge is 0.321 e. The second kappa shape index (κ2) is 7.43. The van der Waals surface area contributed by atoms with E-state index in [4.69, 9.17) is 0 Å². The van der Waals surface area contributed by atoms with E-state index in [2.05, 4.69) is 30.6 Å². The van der Waals surface area contributed by atoms with Crippen LogP contribution in [0.5, 0.6) is 0 Å². The van der Waals surface area contributed by atoms with Crippen LogP contribution in [-0.2, 0) is 0 Å². The van der Waals surface area contributed by atoms with Crippen LogP contribution in [-0.4, -0.2) is 32.5 Å². The minimum atomic E-state index is -0.451. The Labute approximate surface area is 160 Å². The fraction of sp³-hybridized carbons (Fsp3) is 0.100. The summed E-state index contributed by atoms with van der Waals surface area (Å²) in [7, 11) is 0. The number of carbonyl (C=O) groups excluding carboxylic acids is 1. The van der Waals surface area contributed by atoms with E-state index >= 15 is 0 Å². The fourth-order valence-corrected chi connectivity index (χ4v) is 2.95. The number of carbonyl (C=O) groups is 1. The molecule has 0 aliphatic carbocycles. The maximum Gasteiger partial charge on any atom is 0.321 e. The number of amides is 2. The average molecular weight is 376 g/mol. The molecular weight excluding hydrogens is 359 g/mol. The second-order valence-electron chi connectivity index (χ2n) is 6.07. The van der Waals surface area contributed by atoms with E-state index in [-0.39, 0.29) is 17.7 Å². The quantitative estimate of drug-likeness (QED) is 0.502. The molecule has 28 heavy (non-hydrogen) atoms. The van der Waals surface area contributed by atoms with Gasteiger partial charge in [0.05, 0.1) is 5.52 Å². The molecule has 4 rings (SSSR count). The highest BCUT2D eigenvalue weighted by Crippen LogP contribution is 2.33. The van der Waals surface area contributed by atoms with Crippen molar-refractivity contribution < 1.29 is 9.18 Å². The number of nitrogens with zero attached hydrogens (tertiary/aromatic N) is 3. The van der Waals surface area contributed by atoms with Gasteiger partial charge in [-0.1, -0.05) is 6.07 Å². The van der Waals surface area contributed by atoms with Gasteiger partial charge in [-0.25, -0.2) is 14.2 Å². The van der Waals surface area contributed by atoms with Crippen molar-refractivity contribution in [3.8, 4) is 22.4 Å². The second-order valence-corrected chi connectivity index (χ2v) is 6.07. The van der Waals surface area contributed by atoms with Crippen LogP contribution in [0.4, 0.5) is 15.1 Å². The average Bonchev–Trinajstić information content (AvgIpc) is 3.11. The van der Waals surface area contributed by atoms with Gasteiger partial charge >= 0.3 is 6.03 Å². The van der Waals surface area contributed by atoms with Crippen LogP contribution in [0.2, 0.25) is 0 Å². The molecule has 1 aromatic carbocycles. The molecule has 0 fully saturated rings. The van der Waals surface area contributed by atoms with Crippen LogP contribution in [0.25, 0.3) is 33.4 Å². The molecule has 0 spiro atoms. The number of nitrogens with one attached hydrogen (secondary N) is 3. The lowest BCUT2D eigenvalue weighted by atomic mass is 10.0. The molecule has 0 saturated heterocycles. The third kappa shape index (κ3) is 3.39. The minimum Gasteiger partial charge on any atom is -0.338 e. The first-order valence-electron chi connectivity index (χ1n) is 8.75. The predicted molar refractivity (Wildman–Crippen MR) is 105 cm³/mol. The molecular formula is C20H17FN6O. The third-order valence-corrected chi connectivity index (χ3v) is 4.16. The van der Waals surface area contributed by atoms with E-state index in [1.807, 2.05) is 31.2 Å². The number of hydrogen-bond donors (Lipinski definition) is 3. The number of fused-ring (bicyclic) bond motifs is 1. The van der Waals surface area contributed by atoms with Crippen LogP contribution in [0, 0.1) is 5.82 Å². The van der Waals surface area contributed by atoms with Gasteiger partial charge in [0, 0.05) is 36.3 Å². The van der Waals surface area contributed by atoms with Crippen LogP contribution < -0.4 is 10.6 Å². The molecule has 0 unspecified atom stereocenters. The Hall–Kier alpha value is -3.81. The molecule has 4 aromatic rings. The SMILES string of the molecule is CCNC(=O)Nc1nc2c(-c3ncccc3F)cc(-c3cccnc3)cc2[nH]1. The minimum absolute atomic E-state index is 0.189. The van der Waals surface area contributed by atoms with Gasteiger partial charge < -0.3 is 10.3 Å². The number of hydrogen-bond acceptors (Lipinski definition) is 4. The molecule has 0 bridgehead atoms. The number of aromatic amines is 1. The van der Waals surface area contributed by atoms with Crippen molar-refractivity contribution in [2.24, 2.45) is 0 Å². The van der Waals surface area contributed by atoms with E-state index in [0.29, 0.717) is 23.1 Å². The number of pyridine rings is 2. The van der Waals surface area contributed by atoms with Crippen LogP contribution in [0.1, 0.15) is 6.92 Å². The van der Waals surface area contributed by atoms with Crippen LogP contribution in [0.3, 0.4) is 0 Å². The van der Waals surface area contributed by atoms with Crippen molar-refractivity contribution in [2.45, 2.75) is 6.92 Å². The predicted octanol–water partition coefficient (Wildman–Crippen LogP) is 3.97. The molecule has 0 aliphatic rings. The van der Waals surface area contributed by atoms with E-state index < -0.39 is 5.82 Å². The molecule has 140 valence electrons. The lowest BCUT2D eigenvalue weighted by Crippen LogP contribution is -2.28. The van der Waals surface area contributed by atoms with E-state index in [9.17, 15) is 9.18 Å². The maximum atomic E-state index is 14.5. The molecule has 3 N–H and O–H groups in total. The van der Waals surface area contributed by atoms with Crippen LogP contribution >= 0.6 is 0 Å². The summed E-state index contributed by atoms with van der Waals surface area (Å²) in [6.45, 7) is 2.31. The highest BCUT2D eigenvalue weighted by atomic mass is 19.1. The topological polar surface area (TPSA) is 95.6 Å². The monoisotopic (exact) mass is 376 g/mol. The Bertz CT molecular complexity index is 1140. The van der Waals surface area contributed by atoms with Gasteiger partial charge in [-0.05, 0) is 42.8 Å². The normalized spacial score (nSPS) is 10.8. The van der Waals surface area contributed by atoms with Crippen molar-refractivity contribution in [1.82, 2.24) is 25.3 Å². The molecule has 0 saturated carbocycles. The number of anilines is 1. The van der Waals surface area contributed by atoms with E-state index in [1.54, 1.807) is 12.4 Å². The Balaban J connectivity index is 1.90. The molecule has 0 aliphatic heterocycles. The van der Waals surface area contributed by atoms with Gasteiger partial charge in [-0.3, -0.25) is 15.3 Å². The molecule has 7 nitrogen and oxygen atoms in total. The number of benzene rings is 1. The molecule has 8 heteroatoms. The third-order valence-electron chi connectivity index (χ3n) is 4.16. The standard InChI is InChI=1S/C20H17FN6O/c1-2-23-20(28)27-19-25-16-10-13(12-5-3-7-22-11-12)9-14(18(16)26-19)17-15(21)6-4-8-24-17/h3-11H,2H2,1H3,(H3,23,25,26,27,28).